The predicted molar refractivity (Wildman–Crippen MR) is 81.5 cm³/mol. The highest BCUT2D eigenvalue weighted by Gasteiger charge is 2.32. The highest BCUT2D eigenvalue weighted by Crippen LogP contribution is 2.21. The summed E-state index contributed by atoms with van der Waals surface area (Å²) in [5, 5.41) is 23.2. The molecule has 0 aliphatic heterocycles. The number of aromatic nitrogens is 2. The predicted octanol–water partition coefficient (Wildman–Crippen LogP) is 2.36. The summed E-state index contributed by atoms with van der Waals surface area (Å²) < 4.78 is 0. The van der Waals surface area contributed by atoms with Gasteiger partial charge in [-0.05, 0) is 11.3 Å². The lowest BCUT2D eigenvalue weighted by molar-refractivity contribution is -0.141. The van der Waals surface area contributed by atoms with Crippen LogP contribution in [0.5, 0.6) is 0 Å². The summed E-state index contributed by atoms with van der Waals surface area (Å²) in [5.41, 5.74) is -0.590. The Kier molecular flexibility index (Phi) is 5.65. The molecule has 0 saturated heterocycles. The van der Waals surface area contributed by atoms with Crippen LogP contribution in [0.15, 0.2) is 0 Å². The van der Waals surface area contributed by atoms with Gasteiger partial charge >= 0.3 is 12.0 Å². The molecule has 0 aromatic carbocycles. The molecule has 1 aromatic rings. The number of rotatable bonds is 5. The summed E-state index contributed by atoms with van der Waals surface area (Å²) >= 11 is 1.29. The standard InChI is InChI=1S/C13H22N4O3S/c1-7(2)6-8-16-17-12(21-8)15-11(20)14-9(10(18)19)13(3,4)5/h7,9H,6H2,1-5H3,(H,18,19)(H2,14,15,17,20)/t9-/m1/s1. The Balaban J connectivity index is 2.64. The van der Waals surface area contributed by atoms with Crippen molar-refractivity contribution in [1.29, 1.82) is 0 Å². The van der Waals surface area contributed by atoms with E-state index < -0.39 is 23.5 Å². The molecule has 8 heteroatoms. The number of nitrogens with zero attached hydrogens (tertiary/aromatic N) is 2. The minimum atomic E-state index is -1.07. The summed E-state index contributed by atoms with van der Waals surface area (Å²) in [7, 11) is 0. The highest BCUT2D eigenvalue weighted by atomic mass is 32.1. The van der Waals surface area contributed by atoms with Gasteiger partial charge in [-0.3, -0.25) is 5.32 Å². The van der Waals surface area contributed by atoms with E-state index in [0.29, 0.717) is 11.0 Å². The maximum Gasteiger partial charge on any atom is 0.326 e. The summed E-state index contributed by atoms with van der Waals surface area (Å²) in [5.74, 6) is -0.618. The SMILES string of the molecule is CC(C)Cc1nnc(NC(=O)N[C@H](C(=O)O)C(C)(C)C)s1. The molecule has 1 rings (SSSR count). The molecule has 0 unspecified atom stereocenters. The smallest absolute Gasteiger partial charge is 0.326 e. The summed E-state index contributed by atoms with van der Waals surface area (Å²) in [6.07, 6.45) is 0.792. The molecule has 1 aromatic heterocycles. The van der Waals surface area contributed by atoms with E-state index >= 15 is 0 Å². The lowest BCUT2D eigenvalue weighted by atomic mass is 9.87. The van der Waals surface area contributed by atoms with Crippen LogP contribution in [0, 0.1) is 11.3 Å². The first-order valence-electron chi connectivity index (χ1n) is 6.72. The Bertz CT molecular complexity index is 508. The van der Waals surface area contributed by atoms with Gasteiger partial charge in [-0.1, -0.05) is 46.0 Å². The number of carbonyl (C=O) groups is 2. The van der Waals surface area contributed by atoms with Crippen molar-refractivity contribution in [3.63, 3.8) is 0 Å². The lowest BCUT2D eigenvalue weighted by Crippen LogP contribution is -2.50. The van der Waals surface area contributed by atoms with Crippen LogP contribution in [0.1, 0.15) is 39.6 Å². The van der Waals surface area contributed by atoms with Crippen molar-refractivity contribution in [2.45, 2.75) is 47.1 Å². The molecule has 1 atom stereocenters. The molecular weight excluding hydrogens is 292 g/mol. The lowest BCUT2D eigenvalue weighted by Gasteiger charge is -2.27. The van der Waals surface area contributed by atoms with E-state index in [-0.39, 0.29) is 0 Å². The average Bonchev–Trinajstić information content (AvgIpc) is 2.70. The third-order valence-corrected chi connectivity index (χ3v) is 3.52. The summed E-state index contributed by atoms with van der Waals surface area (Å²) in [6, 6.07) is -1.58. The molecule has 3 N–H and O–H groups in total. The first-order valence-corrected chi connectivity index (χ1v) is 7.54. The second-order valence-corrected chi connectivity index (χ2v) is 7.40. The number of hydrogen-bond acceptors (Lipinski definition) is 5. The monoisotopic (exact) mass is 314 g/mol. The van der Waals surface area contributed by atoms with E-state index in [4.69, 9.17) is 5.11 Å². The maximum absolute atomic E-state index is 11.9. The van der Waals surface area contributed by atoms with Crippen molar-refractivity contribution in [2.75, 3.05) is 5.32 Å². The zero-order valence-electron chi connectivity index (χ0n) is 12.9. The maximum atomic E-state index is 11.9. The van der Waals surface area contributed by atoms with Crippen LogP contribution in [0.2, 0.25) is 0 Å². The van der Waals surface area contributed by atoms with Gasteiger partial charge in [0, 0.05) is 6.42 Å². The van der Waals surface area contributed by atoms with Gasteiger partial charge in [0.2, 0.25) is 5.13 Å². The third-order valence-electron chi connectivity index (χ3n) is 2.66. The molecular formula is C13H22N4O3S. The van der Waals surface area contributed by atoms with E-state index in [1.54, 1.807) is 20.8 Å². The van der Waals surface area contributed by atoms with Gasteiger partial charge in [0.15, 0.2) is 0 Å². The van der Waals surface area contributed by atoms with Gasteiger partial charge in [-0.2, -0.15) is 0 Å². The van der Waals surface area contributed by atoms with Gasteiger partial charge in [-0.15, -0.1) is 10.2 Å². The number of carboxylic acids is 1. The molecule has 1 heterocycles. The molecule has 21 heavy (non-hydrogen) atoms. The van der Waals surface area contributed by atoms with E-state index in [0.717, 1.165) is 11.4 Å². The minimum absolute atomic E-state index is 0.362. The Morgan fingerprint density at radius 1 is 1.29 bits per heavy atom. The Morgan fingerprint density at radius 2 is 1.90 bits per heavy atom. The van der Waals surface area contributed by atoms with Crippen molar-refractivity contribution in [3.8, 4) is 0 Å². The van der Waals surface area contributed by atoms with Crippen molar-refractivity contribution in [3.05, 3.63) is 5.01 Å². The molecule has 0 bridgehead atoms. The van der Waals surface area contributed by atoms with Crippen LogP contribution >= 0.6 is 11.3 Å². The van der Waals surface area contributed by atoms with Gasteiger partial charge in [0.05, 0.1) is 0 Å². The average molecular weight is 314 g/mol. The summed E-state index contributed by atoms with van der Waals surface area (Å²) in [6.45, 7) is 9.39. The summed E-state index contributed by atoms with van der Waals surface area (Å²) in [4.78, 5) is 23.1. The van der Waals surface area contributed by atoms with Crippen LogP contribution in [0.3, 0.4) is 0 Å². The topological polar surface area (TPSA) is 104 Å². The van der Waals surface area contributed by atoms with Gasteiger partial charge in [0.25, 0.3) is 0 Å². The molecule has 0 saturated carbocycles. The number of anilines is 1. The Labute approximate surface area is 128 Å². The van der Waals surface area contributed by atoms with Crippen LogP contribution in [-0.4, -0.2) is 33.3 Å². The van der Waals surface area contributed by atoms with Gasteiger partial charge < -0.3 is 10.4 Å². The zero-order chi connectivity index (χ0) is 16.2. The number of hydrogen-bond donors (Lipinski definition) is 3. The van der Waals surface area contributed by atoms with Crippen molar-refractivity contribution < 1.29 is 14.7 Å². The zero-order valence-corrected chi connectivity index (χ0v) is 13.7. The fourth-order valence-electron chi connectivity index (χ4n) is 1.65. The van der Waals surface area contributed by atoms with Crippen molar-refractivity contribution >= 4 is 28.5 Å². The van der Waals surface area contributed by atoms with E-state index in [1.807, 2.05) is 0 Å². The number of aliphatic carboxylic acids is 1. The van der Waals surface area contributed by atoms with Crippen LogP contribution < -0.4 is 10.6 Å². The van der Waals surface area contributed by atoms with Crippen LogP contribution in [0.25, 0.3) is 0 Å². The fourth-order valence-corrected chi connectivity index (χ4v) is 2.60. The molecule has 7 nitrogen and oxygen atoms in total. The van der Waals surface area contributed by atoms with E-state index in [1.165, 1.54) is 11.3 Å². The van der Waals surface area contributed by atoms with Crippen LogP contribution in [-0.2, 0) is 11.2 Å². The fraction of sp³-hybridized carbons (Fsp3) is 0.692. The third kappa shape index (κ3) is 5.66. The minimum Gasteiger partial charge on any atom is -0.480 e. The largest absolute Gasteiger partial charge is 0.480 e. The number of urea groups is 1. The molecule has 0 fully saturated rings. The number of amides is 2. The molecule has 0 aliphatic rings. The van der Waals surface area contributed by atoms with E-state index in [2.05, 4.69) is 34.7 Å². The van der Waals surface area contributed by atoms with Gasteiger partial charge in [-0.25, -0.2) is 9.59 Å². The number of carboxylic acid groups (broad SMARTS) is 1. The normalized spacial score (nSPS) is 13.0. The van der Waals surface area contributed by atoms with E-state index in [9.17, 15) is 9.59 Å². The molecule has 0 spiro atoms. The number of nitrogens with one attached hydrogen (secondary N) is 2. The van der Waals surface area contributed by atoms with Gasteiger partial charge in [0.1, 0.15) is 11.0 Å². The first-order chi connectivity index (χ1) is 9.59. The second kappa shape index (κ2) is 6.84. The molecule has 0 aliphatic carbocycles. The first kappa shape index (κ1) is 17.4. The molecule has 0 radical (unpaired) electrons. The Morgan fingerprint density at radius 3 is 2.38 bits per heavy atom. The molecule has 2 amide bonds. The molecule has 118 valence electrons. The highest BCUT2D eigenvalue weighted by molar-refractivity contribution is 7.15. The second-order valence-electron chi connectivity index (χ2n) is 6.33. The number of carbonyl (C=O) groups excluding carboxylic acids is 1. The quantitative estimate of drug-likeness (QED) is 0.774. The van der Waals surface area contributed by atoms with Crippen molar-refractivity contribution in [1.82, 2.24) is 15.5 Å². The van der Waals surface area contributed by atoms with Crippen molar-refractivity contribution in [2.24, 2.45) is 11.3 Å². The Hall–Kier alpha value is -1.70. The van der Waals surface area contributed by atoms with Crippen LogP contribution in [0.4, 0.5) is 9.93 Å².